The van der Waals surface area contributed by atoms with Crippen LogP contribution < -0.4 is 15.4 Å². The van der Waals surface area contributed by atoms with Gasteiger partial charge in [0.2, 0.25) is 5.95 Å². The number of ether oxygens (including phenoxy) is 2. The molecule has 3 aromatic rings. The minimum atomic E-state index is -4.75. The molecule has 1 amide bonds. The first-order valence-electron chi connectivity index (χ1n) is 16.3. The third kappa shape index (κ3) is 8.19. The molecule has 10 nitrogen and oxygen atoms in total. The van der Waals surface area contributed by atoms with E-state index in [4.69, 9.17) is 18.5 Å². The first kappa shape index (κ1) is 35.8. The minimum Gasteiger partial charge on any atom is -0.495 e. The summed E-state index contributed by atoms with van der Waals surface area (Å²) < 4.78 is 65.5. The molecule has 1 aliphatic heterocycles. The highest BCUT2D eigenvalue weighted by molar-refractivity contribution is 7.46. The van der Waals surface area contributed by atoms with E-state index in [-0.39, 0.29) is 29.6 Å². The van der Waals surface area contributed by atoms with Crippen molar-refractivity contribution in [2.45, 2.75) is 77.4 Å². The number of alkyl halides is 3. The van der Waals surface area contributed by atoms with Crippen molar-refractivity contribution in [3.63, 3.8) is 0 Å². The van der Waals surface area contributed by atoms with E-state index in [0.29, 0.717) is 49.5 Å². The third-order valence-corrected chi connectivity index (χ3v) is 10.3. The highest BCUT2D eigenvalue weighted by Gasteiger charge is 2.37. The van der Waals surface area contributed by atoms with E-state index in [2.05, 4.69) is 20.6 Å². The number of aromatic nitrogens is 2. The zero-order valence-electron chi connectivity index (χ0n) is 27.9. The maximum absolute atomic E-state index is 14.2. The molecule has 48 heavy (non-hydrogen) atoms. The van der Waals surface area contributed by atoms with Crippen LogP contribution in [0.5, 0.6) is 5.75 Å². The minimum absolute atomic E-state index is 0.0785. The lowest BCUT2D eigenvalue weighted by molar-refractivity contribution is -0.137. The van der Waals surface area contributed by atoms with Crippen LogP contribution in [0.15, 0.2) is 36.5 Å². The molecule has 0 atom stereocenters. The van der Waals surface area contributed by atoms with Crippen molar-refractivity contribution in [3.8, 4) is 5.75 Å². The molecule has 5 rings (SSSR count). The van der Waals surface area contributed by atoms with E-state index in [1.54, 1.807) is 24.1 Å². The fourth-order valence-corrected chi connectivity index (χ4v) is 7.66. The van der Waals surface area contributed by atoms with Crippen molar-refractivity contribution in [2.24, 2.45) is 0 Å². The molecule has 2 aliphatic rings. The highest BCUT2D eigenvalue weighted by Crippen LogP contribution is 2.44. The predicted octanol–water partition coefficient (Wildman–Crippen LogP) is 8.52. The number of hydrogen-bond acceptors (Lipinski definition) is 9. The average molecular weight is 690 g/mol. The van der Waals surface area contributed by atoms with Gasteiger partial charge in [-0.3, -0.25) is 4.79 Å². The van der Waals surface area contributed by atoms with Crippen LogP contribution in [-0.2, 0) is 32.7 Å². The van der Waals surface area contributed by atoms with Gasteiger partial charge in [0, 0.05) is 32.6 Å². The number of halogens is 3. The SMILES string of the molecule is CCOP(Cc1ccc(Nc2ncc(C(F)(F)F)c(Nc3ccc([C@H]4CC[C@H](OCC)CC4)c4c3C(=O)N(C)C4)n2)c(OC)c1)OCC. The summed E-state index contributed by atoms with van der Waals surface area (Å²) in [6.45, 7) is 7.92. The van der Waals surface area contributed by atoms with E-state index >= 15 is 0 Å². The van der Waals surface area contributed by atoms with Gasteiger partial charge in [-0.15, -0.1) is 0 Å². The molecule has 0 radical (unpaired) electrons. The van der Waals surface area contributed by atoms with Gasteiger partial charge in [0.1, 0.15) is 17.1 Å². The van der Waals surface area contributed by atoms with Gasteiger partial charge in [-0.25, -0.2) is 4.98 Å². The summed E-state index contributed by atoms with van der Waals surface area (Å²) in [5.41, 5.74) is 2.87. The lowest BCUT2D eigenvalue weighted by Crippen LogP contribution is -2.21. The molecular formula is C34H43F3N5O5P. The summed E-state index contributed by atoms with van der Waals surface area (Å²) in [7, 11) is 2.08. The maximum Gasteiger partial charge on any atom is 0.421 e. The number of nitrogens with one attached hydrogen (secondary N) is 2. The molecule has 260 valence electrons. The van der Waals surface area contributed by atoms with Crippen LogP contribution in [-0.4, -0.2) is 60.9 Å². The van der Waals surface area contributed by atoms with E-state index in [1.807, 2.05) is 39.0 Å². The molecule has 2 N–H and O–H groups in total. The van der Waals surface area contributed by atoms with Crippen molar-refractivity contribution in [1.82, 2.24) is 14.9 Å². The molecular weight excluding hydrogens is 646 g/mol. The summed E-state index contributed by atoms with van der Waals surface area (Å²) in [6, 6.07) is 9.04. The number of rotatable bonds is 14. The van der Waals surface area contributed by atoms with Crippen LogP contribution in [0.1, 0.15) is 85.0 Å². The molecule has 2 aromatic carbocycles. The molecule has 1 saturated carbocycles. The van der Waals surface area contributed by atoms with Crippen molar-refractivity contribution < 1.29 is 36.5 Å². The maximum atomic E-state index is 14.2. The zero-order chi connectivity index (χ0) is 34.4. The number of fused-ring (bicyclic) bond motifs is 1. The molecule has 14 heteroatoms. The Labute approximate surface area is 280 Å². The summed E-state index contributed by atoms with van der Waals surface area (Å²) in [6.07, 6.45) is 0.466. The Morgan fingerprint density at radius 2 is 1.69 bits per heavy atom. The Morgan fingerprint density at radius 1 is 0.979 bits per heavy atom. The largest absolute Gasteiger partial charge is 0.495 e. The molecule has 2 heterocycles. The fraction of sp³-hybridized carbons (Fsp3) is 0.500. The third-order valence-electron chi connectivity index (χ3n) is 8.54. The average Bonchev–Trinajstić information content (AvgIpc) is 3.36. The quantitative estimate of drug-likeness (QED) is 0.161. The van der Waals surface area contributed by atoms with Gasteiger partial charge >= 0.3 is 6.18 Å². The van der Waals surface area contributed by atoms with Gasteiger partial charge in [0.05, 0.1) is 43.4 Å². The zero-order valence-corrected chi connectivity index (χ0v) is 28.8. The van der Waals surface area contributed by atoms with Crippen LogP contribution in [0.4, 0.5) is 36.3 Å². The first-order chi connectivity index (χ1) is 23.1. The molecule has 0 saturated heterocycles. The first-order valence-corrected chi connectivity index (χ1v) is 17.6. The number of hydrogen-bond donors (Lipinski definition) is 2. The summed E-state index contributed by atoms with van der Waals surface area (Å²) in [5, 5.41) is 5.85. The van der Waals surface area contributed by atoms with E-state index < -0.39 is 25.9 Å². The standard InChI is InChI=1S/C34H43F3N5O5P/c1-6-45-23-12-10-22(11-13-23)24-14-16-28(30-25(24)19-42(4)32(30)43)39-31-26(34(35,36)37)18-38-33(41-31)40-27-15-9-21(17-29(27)44-5)20-48(46-7-2)47-8-3/h9,14-18,22-23H,6-8,10-13,19-20H2,1-5H3,(H2,38,39,40,41)/t22-,23-. The van der Waals surface area contributed by atoms with Gasteiger partial charge in [-0.05, 0) is 87.3 Å². The number of anilines is 4. The van der Waals surface area contributed by atoms with Crippen LogP contribution in [0.3, 0.4) is 0 Å². The van der Waals surface area contributed by atoms with Crippen molar-refractivity contribution in [2.75, 3.05) is 44.6 Å². The lowest BCUT2D eigenvalue weighted by Gasteiger charge is -2.30. The number of amides is 1. The monoisotopic (exact) mass is 689 g/mol. The van der Waals surface area contributed by atoms with Gasteiger partial charge in [-0.2, -0.15) is 18.2 Å². The number of nitrogens with zero attached hydrogens (tertiary/aromatic N) is 3. The summed E-state index contributed by atoms with van der Waals surface area (Å²) >= 11 is 0. The molecule has 1 fully saturated rings. The highest BCUT2D eigenvalue weighted by atomic mass is 31.2. The Balaban J connectivity index is 1.43. The van der Waals surface area contributed by atoms with E-state index in [1.165, 1.54) is 7.11 Å². The molecule has 0 spiro atoms. The normalized spacial score (nSPS) is 17.9. The van der Waals surface area contributed by atoms with E-state index in [9.17, 15) is 18.0 Å². The van der Waals surface area contributed by atoms with Crippen LogP contribution in [0.25, 0.3) is 0 Å². The van der Waals surface area contributed by atoms with Crippen LogP contribution in [0, 0.1) is 0 Å². The van der Waals surface area contributed by atoms with Crippen molar-refractivity contribution >= 4 is 37.4 Å². The van der Waals surface area contributed by atoms with Gasteiger partial charge in [-0.1, -0.05) is 12.1 Å². The molecule has 0 unspecified atom stereocenters. The topological polar surface area (TPSA) is 107 Å². The molecule has 1 aromatic heterocycles. The second kappa shape index (κ2) is 15.8. The second-order valence-electron chi connectivity index (χ2n) is 11.7. The predicted molar refractivity (Wildman–Crippen MR) is 179 cm³/mol. The summed E-state index contributed by atoms with van der Waals surface area (Å²) in [4.78, 5) is 23.2. The van der Waals surface area contributed by atoms with Crippen molar-refractivity contribution in [1.29, 1.82) is 0 Å². The second-order valence-corrected chi connectivity index (χ2v) is 13.2. The Kier molecular flexibility index (Phi) is 11.8. The number of benzene rings is 2. The fourth-order valence-electron chi connectivity index (χ4n) is 6.34. The number of carbonyl (C=O) groups excluding carboxylic acids is 1. The van der Waals surface area contributed by atoms with Gasteiger partial charge < -0.3 is 34.1 Å². The van der Waals surface area contributed by atoms with Crippen LogP contribution in [0.2, 0.25) is 0 Å². The Bertz CT molecular complexity index is 1580. The lowest BCUT2D eigenvalue weighted by atomic mass is 9.80. The number of methoxy groups -OCH3 is 1. The van der Waals surface area contributed by atoms with Gasteiger partial charge in [0.25, 0.3) is 5.91 Å². The van der Waals surface area contributed by atoms with Crippen LogP contribution >= 0.6 is 8.38 Å². The molecule has 1 aliphatic carbocycles. The number of carbonyl (C=O) groups is 1. The Hall–Kier alpha value is -3.51. The molecule has 0 bridgehead atoms. The van der Waals surface area contributed by atoms with E-state index in [0.717, 1.165) is 48.6 Å². The smallest absolute Gasteiger partial charge is 0.421 e. The van der Waals surface area contributed by atoms with Gasteiger partial charge in [0.15, 0.2) is 8.38 Å². The summed E-state index contributed by atoms with van der Waals surface area (Å²) in [5.74, 6) is -0.100. The van der Waals surface area contributed by atoms with Crippen molar-refractivity contribution in [3.05, 3.63) is 64.3 Å². The Morgan fingerprint density at radius 3 is 2.33 bits per heavy atom.